The summed E-state index contributed by atoms with van der Waals surface area (Å²) in [6.07, 6.45) is 0.666. The highest BCUT2D eigenvalue weighted by molar-refractivity contribution is 9.10. The van der Waals surface area contributed by atoms with Crippen molar-refractivity contribution in [3.63, 3.8) is 0 Å². The second-order valence-corrected chi connectivity index (χ2v) is 6.31. The molecule has 1 atom stereocenters. The van der Waals surface area contributed by atoms with Crippen molar-refractivity contribution in [3.05, 3.63) is 46.2 Å². The summed E-state index contributed by atoms with van der Waals surface area (Å²) in [6, 6.07) is 9.20. The smallest absolute Gasteiger partial charge is 0.272 e. The molecule has 6 nitrogen and oxygen atoms in total. The van der Waals surface area contributed by atoms with Crippen LogP contribution < -0.4 is 4.74 Å². The molecule has 1 amide bonds. The van der Waals surface area contributed by atoms with Crippen molar-refractivity contribution in [2.24, 2.45) is 0 Å². The van der Waals surface area contributed by atoms with E-state index in [2.05, 4.69) is 21.0 Å². The molecule has 1 aromatic heterocycles. The summed E-state index contributed by atoms with van der Waals surface area (Å²) in [5.74, 6) is 0.716. The number of fused-ring (bicyclic) bond motifs is 1. The molecule has 2 heterocycles. The number of hydrogen-bond acceptors (Lipinski definition) is 4. The highest BCUT2D eigenvalue weighted by Crippen LogP contribution is 2.25. The molecule has 0 radical (unpaired) electrons. The Morgan fingerprint density at radius 3 is 2.78 bits per heavy atom. The van der Waals surface area contributed by atoms with E-state index in [0.29, 0.717) is 29.8 Å². The van der Waals surface area contributed by atoms with Gasteiger partial charge in [0.2, 0.25) is 0 Å². The van der Waals surface area contributed by atoms with Gasteiger partial charge in [-0.2, -0.15) is 5.10 Å². The Hall–Kier alpha value is -1.86. The number of aromatic nitrogens is 2. The molecule has 0 saturated heterocycles. The van der Waals surface area contributed by atoms with E-state index < -0.39 is 0 Å². The minimum atomic E-state index is -0.180. The van der Waals surface area contributed by atoms with Crippen LogP contribution in [0.4, 0.5) is 0 Å². The van der Waals surface area contributed by atoms with Crippen LogP contribution in [0.15, 0.2) is 34.9 Å². The third-order valence-corrected chi connectivity index (χ3v) is 4.42. The molecule has 1 aliphatic rings. The molecule has 122 valence electrons. The predicted molar refractivity (Wildman–Crippen MR) is 88.4 cm³/mol. The van der Waals surface area contributed by atoms with Crippen molar-refractivity contribution in [2.45, 2.75) is 19.0 Å². The van der Waals surface area contributed by atoms with Gasteiger partial charge in [0, 0.05) is 19.2 Å². The largest absolute Gasteiger partial charge is 0.497 e. The van der Waals surface area contributed by atoms with Crippen LogP contribution >= 0.6 is 15.9 Å². The van der Waals surface area contributed by atoms with Crippen LogP contribution in [0.1, 0.15) is 28.5 Å². The van der Waals surface area contributed by atoms with Gasteiger partial charge in [0.15, 0.2) is 0 Å². The van der Waals surface area contributed by atoms with Gasteiger partial charge in [0.05, 0.1) is 19.8 Å². The Morgan fingerprint density at radius 2 is 2.13 bits per heavy atom. The Bertz CT molecular complexity index is 699. The first-order valence-corrected chi connectivity index (χ1v) is 8.19. The molecule has 0 bridgehead atoms. The van der Waals surface area contributed by atoms with Crippen molar-refractivity contribution < 1.29 is 14.6 Å². The van der Waals surface area contributed by atoms with Gasteiger partial charge in [-0.15, -0.1) is 0 Å². The molecule has 0 aliphatic carbocycles. The third kappa shape index (κ3) is 3.25. The summed E-state index contributed by atoms with van der Waals surface area (Å²) in [7, 11) is 1.63. The van der Waals surface area contributed by atoms with E-state index in [4.69, 9.17) is 4.74 Å². The lowest BCUT2D eigenvalue weighted by molar-refractivity contribution is 0.0744. The molecule has 1 unspecified atom stereocenters. The number of benzene rings is 1. The summed E-state index contributed by atoms with van der Waals surface area (Å²) in [5.41, 5.74) is 1.54. The molecule has 0 saturated carbocycles. The van der Waals surface area contributed by atoms with E-state index in [1.54, 1.807) is 22.8 Å². The van der Waals surface area contributed by atoms with E-state index in [-0.39, 0.29) is 18.6 Å². The van der Waals surface area contributed by atoms with Crippen molar-refractivity contribution in [1.29, 1.82) is 0 Å². The molecule has 1 N–H and O–H groups in total. The lowest BCUT2D eigenvalue weighted by Crippen LogP contribution is -2.30. The monoisotopic (exact) mass is 379 g/mol. The second-order valence-electron chi connectivity index (χ2n) is 5.50. The zero-order chi connectivity index (χ0) is 16.4. The minimum absolute atomic E-state index is 0.0369. The fraction of sp³-hybridized carbons (Fsp3) is 0.375. The Kier molecular flexibility index (Phi) is 4.68. The summed E-state index contributed by atoms with van der Waals surface area (Å²) >= 11 is 3.31. The molecule has 7 heteroatoms. The standard InChI is InChI=1S/C16H18BrN3O3/c1-23-13-4-2-11(3-5-13)9-19-7-6-12(10-21)20-14(16(19)22)8-15(17)18-20/h2-5,8,12,21H,6-7,9-10H2,1H3. The number of rotatable bonds is 4. The lowest BCUT2D eigenvalue weighted by atomic mass is 10.2. The molecular formula is C16H18BrN3O3. The van der Waals surface area contributed by atoms with Gasteiger partial charge in [-0.1, -0.05) is 12.1 Å². The molecule has 1 aliphatic heterocycles. The summed E-state index contributed by atoms with van der Waals surface area (Å²) in [5, 5.41) is 13.9. The Morgan fingerprint density at radius 1 is 1.39 bits per heavy atom. The number of carbonyl (C=O) groups is 1. The number of nitrogens with zero attached hydrogens (tertiary/aromatic N) is 3. The first-order chi connectivity index (χ1) is 11.1. The van der Waals surface area contributed by atoms with Crippen LogP contribution in [0.2, 0.25) is 0 Å². The normalized spacial score (nSPS) is 17.8. The topological polar surface area (TPSA) is 67.6 Å². The third-order valence-electron chi connectivity index (χ3n) is 4.03. The quantitative estimate of drug-likeness (QED) is 0.884. The highest BCUT2D eigenvalue weighted by Gasteiger charge is 2.29. The number of aliphatic hydroxyl groups is 1. The summed E-state index contributed by atoms with van der Waals surface area (Å²) < 4.78 is 7.38. The molecule has 23 heavy (non-hydrogen) atoms. The number of aliphatic hydroxyl groups excluding tert-OH is 1. The average molecular weight is 380 g/mol. The fourth-order valence-electron chi connectivity index (χ4n) is 2.76. The Balaban J connectivity index is 1.84. The minimum Gasteiger partial charge on any atom is -0.497 e. The number of methoxy groups -OCH3 is 1. The number of carbonyl (C=O) groups excluding carboxylic acids is 1. The molecule has 0 fully saturated rings. The van der Waals surface area contributed by atoms with Gasteiger partial charge in [-0.05, 0) is 40.0 Å². The van der Waals surface area contributed by atoms with Crippen LogP contribution in [0.5, 0.6) is 5.75 Å². The number of hydrogen-bond donors (Lipinski definition) is 1. The Labute approximate surface area is 142 Å². The summed E-state index contributed by atoms with van der Waals surface area (Å²) in [4.78, 5) is 14.6. The number of amides is 1. The van der Waals surface area contributed by atoms with Crippen molar-refractivity contribution >= 4 is 21.8 Å². The van der Waals surface area contributed by atoms with Gasteiger partial charge in [0.25, 0.3) is 5.91 Å². The van der Waals surface area contributed by atoms with Crippen LogP contribution in [0, 0.1) is 0 Å². The molecular weight excluding hydrogens is 362 g/mol. The first kappa shape index (κ1) is 16.0. The van der Waals surface area contributed by atoms with Crippen LogP contribution in [-0.2, 0) is 6.54 Å². The molecule has 2 aromatic rings. The van der Waals surface area contributed by atoms with E-state index in [0.717, 1.165) is 11.3 Å². The highest BCUT2D eigenvalue weighted by atomic mass is 79.9. The summed E-state index contributed by atoms with van der Waals surface area (Å²) in [6.45, 7) is 1.06. The first-order valence-electron chi connectivity index (χ1n) is 7.40. The van der Waals surface area contributed by atoms with Gasteiger partial charge < -0.3 is 14.7 Å². The molecule has 0 spiro atoms. The van der Waals surface area contributed by atoms with Crippen molar-refractivity contribution in [1.82, 2.24) is 14.7 Å². The van der Waals surface area contributed by atoms with E-state index in [1.165, 1.54) is 0 Å². The predicted octanol–water partition coefficient (Wildman–Crippen LogP) is 2.23. The second kappa shape index (κ2) is 6.72. The van der Waals surface area contributed by atoms with Crippen LogP contribution in [-0.4, -0.2) is 46.0 Å². The van der Waals surface area contributed by atoms with Gasteiger partial charge in [-0.3, -0.25) is 9.48 Å². The zero-order valence-electron chi connectivity index (χ0n) is 12.8. The SMILES string of the molecule is COc1ccc(CN2CCC(CO)n3nc(Br)cc3C2=O)cc1. The van der Waals surface area contributed by atoms with Gasteiger partial charge >= 0.3 is 0 Å². The maximum Gasteiger partial charge on any atom is 0.272 e. The zero-order valence-corrected chi connectivity index (χ0v) is 14.4. The van der Waals surface area contributed by atoms with Gasteiger partial charge in [0.1, 0.15) is 16.0 Å². The number of ether oxygens (including phenoxy) is 1. The number of halogens is 1. The molecule has 1 aromatic carbocycles. The fourth-order valence-corrected chi connectivity index (χ4v) is 3.15. The lowest BCUT2D eigenvalue weighted by Gasteiger charge is -2.20. The average Bonchev–Trinajstić information content (AvgIpc) is 2.91. The molecule has 3 rings (SSSR count). The van der Waals surface area contributed by atoms with Crippen molar-refractivity contribution in [3.8, 4) is 5.75 Å². The van der Waals surface area contributed by atoms with Gasteiger partial charge in [-0.25, -0.2) is 0 Å². The maximum atomic E-state index is 12.8. The van der Waals surface area contributed by atoms with E-state index in [9.17, 15) is 9.90 Å². The van der Waals surface area contributed by atoms with E-state index in [1.807, 2.05) is 24.3 Å². The van der Waals surface area contributed by atoms with Crippen LogP contribution in [0.25, 0.3) is 0 Å². The van der Waals surface area contributed by atoms with E-state index >= 15 is 0 Å². The van der Waals surface area contributed by atoms with Crippen molar-refractivity contribution in [2.75, 3.05) is 20.3 Å². The maximum absolute atomic E-state index is 12.8. The van der Waals surface area contributed by atoms with Crippen LogP contribution in [0.3, 0.4) is 0 Å².